The lowest BCUT2D eigenvalue weighted by Crippen LogP contribution is -2.61. The van der Waals surface area contributed by atoms with Crippen molar-refractivity contribution in [2.45, 2.75) is 378 Å². The molecule has 6 rings (SSSR count). The Morgan fingerprint density at radius 2 is 0.829 bits per heavy atom. The average Bonchev–Trinajstić information content (AvgIpc) is 0.780. The van der Waals surface area contributed by atoms with Crippen molar-refractivity contribution in [3.63, 3.8) is 0 Å². The van der Waals surface area contributed by atoms with Crippen LogP contribution < -0.4 is 0 Å². The van der Waals surface area contributed by atoms with E-state index in [0.717, 1.165) is 0 Å². The molecule has 646 valence electrons. The molecule has 0 aromatic heterocycles. The third kappa shape index (κ3) is 23.4. The molecule has 31 heteroatoms. The maximum Gasteiger partial charge on any atom is 0.311 e. The quantitative estimate of drug-likeness (QED) is 0.0636. The van der Waals surface area contributed by atoms with Crippen molar-refractivity contribution in [2.24, 2.45) is 47.3 Å². The summed E-state index contributed by atoms with van der Waals surface area (Å²) in [6.07, 6.45) is -20.8. The fraction of sp³-hybridized carbons (Fsp3) is 0.925. The number of carbonyl (C=O) groups excluding carboxylic acids is 6. The van der Waals surface area contributed by atoms with Crippen molar-refractivity contribution >= 4 is 35.4 Å². The maximum atomic E-state index is 14.3. The van der Waals surface area contributed by atoms with E-state index in [0.29, 0.717) is 12.8 Å². The number of aliphatic hydroxyl groups excluding tert-OH is 5. The van der Waals surface area contributed by atoms with E-state index in [1.165, 1.54) is 55.8 Å². The lowest BCUT2D eigenvalue weighted by atomic mass is 9.74. The zero-order valence-electron chi connectivity index (χ0n) is 71.2. The number of methoxy groups -OCH3 is 2. The summed E-state index contributed by atoms with van der Waals surface area (Å²) in [5.74, 6) is -11.6. The van der Waals surface area contributed by atoms with E-state index >= 15 is 0 Å². The number of ketones is 2. The number of Topliss-reactive ketones (excluding diaryl/α,β-unsaturated/α-hetero) is 2. The van der Waals surface area contributed by atoms with Crippen LogP contribution in [0.5, 0.6) is 0 Å². The molecule has 6 fully saturated rings. The molecule has 31 nitrogen and oxygen atoms in total. The Hall–Kier alpha value is -3.62. The molecule has 6 aliphatic heterocycles. The number of rotatable bonds is 19. The summed E-state index contributed by atoms with van der Waals surface area (Å²) in [7, 11) is 10.3. The number of likely N-dealkylation sites (N-methyl/N-ethyl adjacent to an activating group) is 2. The van der Waals surface area contributed by atoms with Gasteiger partial charge in [0.2, 0.25) is 0 Å². The molecule has 0 saturated carbocycles. The number of aliphatic hydroxyl groups is 9. The third-order valence-corrected chi connectivity index (χ3v) is 24.7. The van der Waals surface area contributed by atoms with Gasteiger partial charge in [-0.15, -0.1) is 0 Å². The lowest BCUT2D eigenvalue weighted by molar-refractivity contribution is -0.319. The van der Waals surface area contributed by atoms with Crippen molar-refractivity contribution in [1.29, 1.82) is 0 Å². The third-order valence-electron chi connectivity index (χ3n) is 24.7. The largest absolute Gasteiger partial charge is 0.466 e. The summed E-state index contributed by atoms with van der Waals surface area (Å²) in [5.41, 5.74) is -9.89. The number of ether oxygens (including phenoxy) is 14. The fourth-order valence-electron chi connectivity index (χ4n) is 17.6. The minimum Gasteiger partial charge on any atom is -0.466 e. The summed E-state index contributed by atoms with van der Waals surface area (Å²) < 4.78 is 85.8. The molecule has 0 aromatic rings. The average molecular weight is 1600 g/mol. The van der Waals surface area contributed by atoms with Gasteiger partial charge >= 0.3 is 23.9 Å². The number of hydrogen-bond acceptors (Lipinski definition) is 31. The second kappa shape index (κ2) is 40.2. The Morgan fingerprint density at radius 1 is 0.468 bits per heavy atom. The van der Waals surface area contributed by atoms with Gasteiger partial charge in [-0.2, -0.15) is 0 Å². The van der Waals surface area contributed by atoms with Crippen LogP contribution >= 0.6 is 0 Å². The highest BCUT2D eigenvalue weighted by molar-refractivity contribution is 5.84. The molecule has 0 amide bonds. The molecule has 9 N–H and O–H groups in total. The molecule has 0 aromatic carbocycles. The highest BCUT2D eigenvalue weighted by Gasteiger charge is 2.58. The minimum atomic E-state index is -2.04. The first-order valence-corrected chi connectivity index (χ1v) is 40.0. The second-order valence-corrected chi connectivity index (χ2v) is 34.7. The van der Waals surface area contributed by atoms with E-state index in [9.17, 15) is 74.7 Å². The van der Waals surface area contributed by atoms with E-state index in [-0.39, 0.29) is 70.1 Å². The van der Waals surface area contributed by atoms with Gasteiger partial charge in [-0.25, -0.2) is 0 Å². The van der Waals surface area contributed by atoms with Crippen molar-refractivity contribution in [1.82, 2.24) is 9.80 Å². The number of nitrogens with zero attached hydrogens (tertiary/aromatic N) is 2. The molecule has 6 heterocycles. The second-order valence-electron chi connectivity index (χ2n) is 34.7. The fourth-order valence-corrected chi connectivity index (χ4v) is 17.6. The van der Waals surface area contributed by atoms with Crippen molar-refractivity contribution in [2.75, 3.05) is 49.0 Å². The predicted octanol–water partition coefficient (Wildman–Crippen LogP) is 4.47. The highest BCUT2D eigenvalue weighted by Crippen LogP contribution is 2.45. The van der Waals surface area contributed by atoms with Crippen LogP contribution in [0.3, 0.4) is 0 Å². The van der Waals surface area contributed by atoms with Crippen LogP contribution in [0.4, 0.5) is 0 Å². The first kappa shape index (κ1) is 98.0. The van der Waals surface area contributed by atoms with E-state index in [1.54, 1.807) is 90.0 Å². The zero-order chi connectivity index (χ0) is 84.6. The number of carbonyl (C=O) groups is 6. The van der Waals surface area contributed by atoms with Gasteiger partial charge in [0.1, 0.15) is 53.3 Å². The van der Waals surface area contributed by atoms with Gasteiger partial charge in [0, 0.05) is 68.6 Å². The lowest BCUT2D eigenvalue weighted by Gasteiger charge is -2.49. The standard InChI is InChI=1S/C43H75NO16.C37H67NO13/c1-15-29-43(11,52)36(48)24(5)33(47)22(3)20-41(9,51)38(25(6)34(26(7)39(50)57-29)59-32-21-42(10,53-14)37(49)27(8)56-32)60-40-35(28(44(12)13)19-23(4)55-40)58-31(46)18-17-30(45)54-16-2;1-14-25-37(10,45)30(41)20(4)27(39)18(2)16-35(8,44)32(51-34-28(40)24(38(11)12)15-19(3)47-34)21(5)29(22(6)33(43)49-25)50-26-17-36(9,46-13)31(42)23(7)48-26/h22-29,32,34-38,40,48-49,51-52H,15-21H2,1-14H3;18-26,28-32,34,40-42,44-45H,14-17H2,1-13H3/t22-,23-,24+,25+,26-,27+,28+,29-,32+,34+,35-,36-,37+,38-,40+,41-,42-,43-;18-,19-,20+,21+,22-,23+,24+,25-,26+,28-,29+,30-,31+,32-,34+,35-,36-,37-/m11/s1. The first-order chi connectivity index (χ1) is 51.2. The van der Waals surface area contributed by atoms with Gasteiger partial charge in [0.05, 0.1) is 121 Å². The van der Waals surface area contributed by atoms with Crippen LogP contribution in [-0.2, 0) is 95.1 Å². The molecule has 36 atom stereocenters. The minimum absolute atomic E-state index is 0.0431. The Balaban J connectivity index is 0.000000402. The summed E-state index contributed by atoms with van der Waals surface area (Å²) in [4.78, 5) is 85.4. The van der Waals surface area contributed by atoms with Crippen LogP contribution in [0.2, 0.25) is 0 Å². The van der Waals surface area contributed by atoms with Crippen LogP contribution in [0.25, 0.3) is 0 Å². The van der Waals surface area contributed by atoms with Gasteiger partial charge in [-0.1, -0.05) is 55.4 Å². The highest BCUT2D eigenvalue weighted by atomic mass is 16.7. The molecule has 0 radical (unpaired) electrons. The van der Waals surface area contributed by atoms with Gasteiger partial charge < -0.3 is 122 Å². The Kier molecular flexibility index (Phi) is 35.5. The summed E-state index contributed by atoms with van der Waals surface area (Å²) in [6, 6.07) is -0.766. The Bertz CT molecular complexity index is 2990. The predicted molar refractivity (Wildman–Crippen MR) is 402 cm³/mol. The Morgan fingerprint density at radius 3 is 1.19 bits per heavy atom. The van der Waals surface area contributed by atoms with Crippen molar-refractivity contribution in [3.8, 4) is 0 Å². The van der Waals surface area contributed by atoms with Gasteiger partial charge in [-0.3, -0.25) is 28.8 Å². The number of esters is 4. The van der Waals surface area contributed by atoms with E-state index in [1.807, 2.05) is 51.8 Å². The zero-order valence-corrected chi connectivity index (χ0v) is 71.2. The molecule has 111 heavy (non-hydrogen) atoms. The molecule has 0 bridgehead atoms. The SMILES string of the molecule is CCOC(=O)CCC(=O)O[C@H]1[C@H](O[C@@H]2[C@@H](C)[C@H](O[C@H]3C[C@@](C)(OC)[C@@H](O)[C@H](C)O3)[C@@H](C)C(=O)O[C@H](CC)[C@@](C)(O)[C@H](O)[C@@H](C)C(=O)[C@H](C)C[C@@]2(C)O)O[C@H](C)C[C@@H]1N(C)C.CC[C@H]1OC(=O)[C@H](C)[C@@H](O[C@H]2C[C@@](C)(OC)[C@@H](O)[C@H](C)O2)[C@H](C)[C@@H](O[C@@H]2O[C@H](C)C[C@H](N(C)C)[C@H]2O)[C@](C)(O)C[C@@H](C)C(=O)[C@H](C)[C@@H](O)[C@]1(C)O. The van der Waals surface area contributed by atoms with E-state index in [4.69, 9.17) is 66.3 Å². The van der Waals surface area contributed by atoms with E-state index in [2.05, 4.69) is 0 Å². The molecule has 6 saturated heterocycles. The number of hydrogen-bond donors (Lipinski definition) is 9. The molecule has 0 aliphatic carbocycles. The first-order valence-electron chi connectivity index (χ1n) is 40.0. The maximum absolute atomic E-state index is 14.3. The van der Waals surface area contributed by atoms with Crippen LogP contribution in [0.15, 0.2) is 0 Å². The molecule has 0 unspecified atom stereocenters. The van der Waals surface area contributed by atoms with Crippen LogP contribution in [0.1, 0.15) is 210 Å². The molecular weight excluding hydrogens is 1450 g/mol. The Labute approximate surface area is 658 Å². The topological polar surface area (TPSA) is 420 Å². The monoisotopic (exact) mass is 1590 g/mol. The van der Waals surface area contributed by atoms with Gasteiger partial charge in [0.25, 0.3) is 0 Å². The summed E-state index contributed by atoms with van der Waals surface area (Å²) in [6.45, 7) is 34.2. The molecular formula is C80H142N2O29. The summed E-state index contributed by atoms with van der Waals surface area (Å²) in [5, 5.41) is 104. The van der Waals surface area contributed by atoms with Gasteiger partial charge in [-0.05, 0) is 157 Å². The van der Waals surface area contributed by atoms with E-state index < -0.39 is 239 Å². The number of cyclic esters (lactones) is 2. The molecule has 0 spiro atoms. The van der Waals surface area contributed by atoms with Crippen molar-refractivity contribution < 1.29 is 141 Å². The van der Waals surface area contributed by atoms with Gasteiger partial charge in [0.15, 0.2) is 31.3 Å². The smallest absolute Gasteiger partial charge is 0.311 e. The molecule has 6 aliphatic rings. The summed E-state index contributed by atoms with van der Waals surface area (Å²) >= 11 is 0. The van der Waals surface area contributed by atoms with Crippen LogP contribution in [-0.4, -0.2) is 309 Å². The van der Waals surface area contributed by atoms with Crippen LogP contribution in [0, 0.1) is 47.3 Å². The van der Waals surface area contributed by atoms with Crippen molar-refractivity contribution in [3.05, 3.63) is 0 Å². The normalized spacial score (nSPS) is 46.5.